The first kappa shape index (κ1) is 14.9. The van der Waals surface area contributed by atoms with Gasteiger partial charge in [-0.25, -0.2) is 14.4 Å². The van der Waals surface area contributed by atoms with Crippen molar-refractivity contribution in [2.75, 3.05) is 0 Å². The molecule has 0 saturated heterocycles. The molecule has 0 N–H and O–H groups in total. The SMILES string of the molecule is FC1C=CC(c2cnc3nc(COc4ccccc4)cn3c2)CC1. The van der Waals surface area contributed by atoms with Gasteiger partial charge in [0.25, 0.3) is 0 Å². The summed E-state index contributed by atoms with van der Waals surface area (Å²) in [5.41, 5.74) is 1.91. The van der Waals surface area contributed by atoms with E-state index in [0.29, 0.717) is 18.8 Å². The molecule has 2 unspecified atom stereocenters. The van der Waals surface area contributed by atoms with Gasteiger partial charge in [-0.15, -0.1) is 0 Å². The van der Waals surface area contributed by atoms with Crippen molar-refractivity contribution in [2.45, 2.75) is 31.5 Å². The molecular weight excluding hydrogens is 305 g/mol. The van der Waals surface area contributed by atoms with Crippen molar-refractivity contribution in [1.82, 2.24) is 14.4 Å². The van der Waals surface area contributed by atoms with Crippen LogP contribution in [0.5, 0.6) is 5.75 Å². The summed E-state index contributed by atoms with van der Waals surface area (Å²) < 4.78 is 20.9. The quantitative estimate of drug-likeness (QED) is 0.679. The molecule has 2 atom stereocenters. The third-order valence-electron chi connectivity index (χ3n) is 4.24. The number of fused-ring (bicyclic) bond motifs is 1. The zero-order valence-corrected chi connectivity index (χ0v) is 13.2. The Kier molecular flexibility index (Phi) is 3.99. The molecule has 122 valence electrons. The average molecular weight is 323 g/mol. The zero-order chi connectivity index (χ0) is 16.4. The van der Waals surface area contributed by atoms with Crippen molar-refractivity contribution in [1.29, 1.82) is 0 Å². The molecule has 2 aromatic heterocycles. The molecule has 0 spiro atoms. The van der Waals surface area contributed by atoms with Crippen LogP contribution in [-0.2, 0) is 6.61 Å². The second-order valence-corrected chi connectivity index (χ2v) is 6.01. The number of nitrogens with zero attached hydrogens (tertiary/aromatic N) is 3. The van der Waals surface area contributed by atoms with Crippen LogP contribution >= 0.6 is 0 Å². The average Bonchev–Trinajstić information content (AvgIpc) is 3.03. The molecule has 0 aliphatic heterocycles. The van der Waals surface area contributed by atoms with Crippen LogP contribution in [-0.4, -0.2) is 20.5 Å². The Morgan fingerprint density at radius 2 is 2.00 bits per heavy atom. The van der Waals surface area contributed by atoms with Crippen LogP contribution in [0.1, 0.15) is 30.0 Å². The van der Waals surface area contributed by atoms with E-state index in [-0.39, 0.29) is 5.92 Å². The van der Waals surface area contributed by atoms with Crippen molar-refractivity contribution >= 4 is 5.78 Å². The van der Waals surface area contributed by atoms with Gasteiger partial charge < -0.3 is 4.74 Å². The number of aromatic nitrogens is 3. The first-order valence-corrected chi connectivity index (χ1v) is 8.12. The second-order valence-electron chi connectivity index (χ2n) is 6.01. The van der Waals surface area contributed by atoms with Crippen LogP contribution in [0.4, 0.5) is 4.39 Å². The van der Waals surface area contributed by atoms with E-state index < -0.39 is 6.17 Å². The van der Waals surface area contributed by atoms with Gasteiger partial charge >= 0.3 is 0 Å². The van der Waals surface area contributed by atoms with Gasteiger partial charge in [0.05, 0.1) is 5.69 Å². The van der Waals surface area contributed by atoms with Gasteiger partial charge in [0.2, 0.25) is 5.78 Å². The lowest BCUT2D eigenvalue weighted by Crippen LogP contribution is -2.08. The molecule has 2 heterocycles. The van der Waals surface area contributed by atoms with E-state index in [1.54, 1.807) is 6.08 Å². The van der Waals surface area contributed by atoms with Crippen LogP contribution in [0, 0.1) is 0 Å². The van der Waals surface area contributed by atoms with Crippen molar-refractivity contribution in [2.24, 2.45) is 0 Å². The van der Waals surface area contributed by atoms with Gasteiger partial charge in [0, 0.05) is 24.5 Å². The van der Waals surface area contributed by atoms with Crippen LogP contribution in [0.25, 0.3) is 5.78 Å². The van der Waals surface area contributed by atoms with E-state index in [9.17, 15) is 4.39 Å². The van der Waals surface area contributed by atoms with E-state index in [1.165, 1.54) is 0 Å². The number of alkyl halides is 1. The number of ether oxygens (including phenoxy) is 1. The summed E-state index contributed by atoms with van der Waals surface area (Å²) in [5, 5.41) is 0. The fraction of sp³-hybridized carbons (Fsp3) is 0.263. The molecule has 0 fully saturated rings. The predicted molar refractivity (Wildman–Crippen MR) is 89.8 cm³/mol. The Morgan fingerprint density at radius 3 is 2.79 bits per heavy atom. The third kappa shape index (κ3) is 3.15. The minimum Gasteiger partial charge on any atom is -0.487 e. The lowest BCUT2D eigenvalue weighted by atomic mass is 9.90. The lowest BCUT2D eigenvalue weighted by Gasteiger charge is -2.18. The molecule has 1 aromatic carbocycles. The fourth-order valence-corrected chi connectivity index (χ4v) is 2.95. The summed E-state index contributed by atoms with van der Waals surface area (Å²) in [6.45, 7) is 0.398. The number of hydrogen-bond acceptors (Lipinski definition) is 3. The van der Waals surface area contributed by atoms with Crippen LogP contribution in [0.2, 0.25) is 0 Å². The Balaban J connectivity index is 1.52. The Hall–Kier alpha value is -2.69. The smallest absolute Gasteiger partial charge is 0.234 e. The summed E-state index contributed by atoms with van der Waals surface area (Å²) in [6, 6.07) is 9.66. The highest BCUT2D eigenvalue weighted by Crippen LogP contribution is 2.28. The molecule has 1 aliphatic rings. The van der Waals surface area contributed by atoms with Crippen LogP contribution < -0.4 is 4.74 Å². The standard InChI is InChI=1S/C19H18FN3O/c20-16-8-6-14(7-9-16)15-10-21-19-22-17(12-23(19)11-15)13-24-18-4-2-1-3-5-18/h1-6,8,10-12,14,16H,7,9,13H2. The van der Waals surface area contributed by atoms with Crippen molar-refractivity contribution in [3.05, 3.63) is 72.3 Å². The first-order chi connectivity index (χ1) is 11.8. The maximum absolute atomic E-state index is 13.2. The summed E-state index contributed by atoms with van der Waals surface area (Å²) in [5.74, 6) is 1.69. The number of benzene rings is 1. The molecule has 5 heteroatoms. The van der Waals surface area contributed by atoms with Gasteiger partial charge in [-0.1, -0.05) is 30.4 Å². The fourth-order valence-electron chi connectivity index (χ4n) is 2.95. The van der Waals surface area contributed by atoms with Crippen molar-refractivity contribution < 1.29 is 9.13 Å². The topological polar surface area (TPSA) is 39.4 Å². The molecule has 1 aliphatic carbocycles. The maximum Gasteiger partial charge on any atom is 0.234 e. The molecule has 0 saturated carbocycles. The summed E-state index contributed by atoms with van der Waals surface area (Å²) in [7, 11) is 0. The highest BCUT2D eigenvalue weighted by Gasteiger charge is 2.17. The summed E-state index contributed by atoms with van der Waals surface area (Å²) in [6.07, 6.45) is 9.93. The highest BCUT2D eigenvalue weighted by molar-refractivity contribution is 5.34. The summed E-state index contributed by atoms with van der Waals surface area (Å²) in [4.78, 5) is 8.89. The number of para-hydroxylation sites is 1. The van der Waals surface area contributed by atoms with E-state index in [1.807, 2.05) is 59.4 Å². The number of rotatable bonds is 4. The zero-order valence-electron chi connectivity index (χ0n) is 13.2. The van der Waals surface area contributed by atoms with Gasteiger partial charge in [-0.2, -0.15) is 0 Å². The van der Waals surface area contributed by atoms with Gasteiger partial charge in [0.15, 0.2) is 0 Å². The molecule has 24 heavy (non-hydrogen) atoms. The van der Waals surface area contributed by atoms with E-state index >= 15 is 0 Å². The lowest BCUT2D eigenvalue weighted by molar-refractivity contribution is 0.302. The van der Waals surface area contributed by atoms with Gasteiger partial charge in [0.1, 0.15) is 18.5 Å². The minimum atomic E-state index is -0.812. The predicted octanol–water partition coefficient (Wildman–Crippen LogP) is 4.08. The molecule has 3 aromatic rings. The van der Waals surface area contributed by atoms with E-state index in [0.717, 1.165) is 23.4 Å². The molecule has 4 nitrogen and oxygen atoms in total. The van der Waals surface area contributed by atoms with Crippen LogP contribution in [0.15, 0.2) is 61.1 Å². The number of imidazole rings is 1. The maximum atomic E-state index is 13.2. The number of hydrogen-bond donors (Lipinski definition) is 0. The Bertz CT molecular complexity index is 859. The van der Waals surface area contributed by atoms with Gasteiger partial charge in [-0.05, 0) is 30.5 Å². The van der Waals surface area contributed by atoms with E-state index in [2.05, 4.69) is 9.97 Å². The molecule has 4 rings (SSSR count). The normalized spacial score (nSPS) is 20.4. The Morgan fingerprint density at radius 1 is 1.12 bits per heavy atom. The van der Waals surface area contributed by atoms with Crippen molar-refractivity contribution in [3.8, 4) is 5.75 Å². The molecule has 0 amide bonds. The number of allylic oxidation sites excluding steroid dienone is 2. The second kappa shape index (κ2) is 6.43. The summed E-state index contributed by atoms with van der Waals surface area (Å²) >= 11 is 0. The molecule has 0 bridgehead atoms. The van der Waals surface area contributed by atoms with Crippen molar-refractivity contribution in [3.63, 3.8) is 0 Å². The number of halogens is 1. The third-order valence-corrected chi connectivity index (χ3v) is 4.24. The molecular formula is C19H18FN3O. The van der Waals surface area contributed by atoms with Crippen LogP contribution in [0.3, 0.4) is 0 Å². The first-order valence-electron chi connectivity index (χ1n) is 8.12. The monoisotopic (exact) mass is 323 g/mol. The molecule has 0 radical (unpaired) electrons. The Labute approximate surface area is 139 Å². The largest absolute Gasteiger partial charge is 0.487 e. The highest BCUT2D eigenvalue weighted by atomic mass is 19.1. The van der Waals surface area contributed by atoms with E-state index in [4.69, 9.17) is 4.74 Å². The minimum absolute atomic E-state index is 0.223. The van der Waals surface area contributed by atoms with Gasteiger partial charge in [-0.3, -0.25) is 4.40 Å².